The molecule has 0 spiro atoms. The number of halogens is 1. The third-order valence-electron chi connectivity index (χ3n) is 2.70. The summed E-state index contributed by atoms with van der Waals surface area (Å²) in [4.78, 5) is 0. The quantitative estimate of drug-likeness (QED) is 0.890. The van der Waals surface area contributed by atoms with Crippen molar-refractivity contribution < 1.29 is 4.42 Å². The van der Waals surface area contributed by atoms with Gasteiger partial charge in [-0.3, -0.25) is 0 Å². The van der Waals surface area contributed by atoms with E-state index < -0.39 is 0 Å². The SMILES string of the molecule is CCC(C)n1nccc1NCc1ccco1.Cl. The van der Waals surface area contributed by atoms with Crippen molar-refractivity contribution in [3.63, 3.8) is 0 Å². The van der Waals surface area contributed by atoms with Gasteiger partial charge in [0.25, 0.3) is 0 Å². The Morgan fingerprint density at radius 2 is 2.29 bits per heavy atom. The van der Waals surface area contributed by atoms with Crippen molar-refractivity contribution in [2.45, 2.75) is 32.9 Å². The summed E-state index contributed by atoms with van der Waals surface area (Å²) >= 11 is 0. The number of nitrogens with one attached hydrogen (secondary N) is 1. The fourth-order valence-corrected chi connectivity index (χ4v) is 1.57. The minimum atomic E-state index is 0. The highest BCUT2D eigenvalue weighted by molar-refractivity contribution is 5.85. The van der Waals surface area contributed by atoms with E-state index in [9.17, 15) is 0 Å². The van der Waals surface area contributed by atoms with Gasteiger partial charge in [0.2, 0.25) is 0 Å². The zero-order valence-corrected chi connectivity index (χ0v) is 10.9. The van der Waals surface area contributed by atoms with E-state index in [4.69, 9.17) is 4.42 Å². The van der Waals surface area contributed by atoms with E-state index in [-0.39, 0.29) is 12.4 Å². The molecule has 17 heavy (non-hydrogen) atoms. The molecule has 0 amide bonds. The molecule has 2 aromatic rings. The van der Waals surface area contributed by atoms with Crippen LogP contribution in [0.3, 0.4) is 0 Å². The maximum absolute atomic E-state index is 5.27. The summed E-state index contributed by atoms with van der Waals surface area (Å²) in [5, 5.41) is 7.63. The van der Waals surface area contributed by atoms with Crippen LogP contribution >= 0.6 is 12.4 Å². The largest absolute Gasteiger partial charge is 0.467 e. The van der Waals surface area contributed by atoms with Crippen molar-refractivity contribution in [1.29, 1.82) is 0 Å². The van der Waals surface area contributed by atoms with E-state index in [1.807, 2.05) is 29.1 Å². The molecule has 0 aromatic carbocycles. The monoisotopic (exact) mass is 255 g/mol. The van der Waals surface area contributed by atoms with Crippen LogP contribution in [0.2, 0.25) is 0 Å². The zero-order valence-electron chi connectivity index (χ0n) is 10.1. The number of rotatable bonds is 5. The van der Waals surface area contributed by atoms with Crippen LogP contribution in [-0.4, -0.2) is 9.78 Å². The third-order valence-corrected chi connectivity index (χ3v) is 2.70. The minimum absolute atomic E-state index is 0. The van der Waals surface area contributed by atoms with Gasteiger partial charge in [-0.2, -0.15) is 5.10 Å². The number of furan rings is 1. The second-order valence-corrected chi connectivity index (χ2v) is 3.85. The first-order chi connectivity index (χ1) is 7.81. The number of nitrogens with zero attached hydrogens (tertiary/aromatic N) is 2. The smallest absolute Gasteiger partial charge is 0.124 e. The Hall–Kier alpha value is -1.42. The fourth-order valence-electron chi connectivity index (χ4n) is 1.57. The predicted octanol–water partition coefficient (Wildman–Crippen LogP) is 3.48. The second-order valence-electron chi connectivity index (χ2n) is 3.85. The molecule has 0 aliphatic carbocycles. The standard InChI is InChI=1S/C12H17N3O.ClH/c1-3-10(2)15-12(6-7-14-15)13-9-11-5-4-8-16-11;/h4-8,10,13H,3,9H2,1-2H3;1H. The summed E-state index contributed by atoms with van der Waals surface area (Å²) in [7, 11) is 0. The third kappa shape index (κ3) is 3.27. The van der Waals surface area contributed by atoms with Crippen LogP contribution < -0.4 is 5.32 Å². The summed E-state index contributed by atoms with van der Waals surface area (Å²) in [6.45, 7) is 5.00. The molecule has 0 aliphatic heterocycles. The lowest BCUT2D eigenvalue weighted by Crippen LogP contribution is -2.11. The molecule has 5 heteroatoms. The number of aromatic nitrogens is 2. The van der Waals surface area contributed by atoms with Gasteiger partial charge in [-0.1, -0.05) is 6.92 Å². The van der Waals surface area contributed by atoms with Crippen molar-refractivity contribution >= 4 is 18.2 Å². The van der Waals surface area contributed by atoms with Crippen molar-refractivity contribution in [1.82, 2.24) is 9.78 Å². The molecule has 94 valence electrons. The molecule has 0 fully saturated rings. The molecular formula is C12H18ClN3O. The predicted molar refractivity (Wildman–Crippen MR) is 70.5 cm³/mol. The molecule has 4 nitrogen and oxygen atoms in total. The first-order valence-electron chi connectivity index (χ1n) is 5.61. The Bertz CT molecular complexity index is 425. The molecule has 1 N–H and O–H groups in total. The molecule has 0 aliphatic rings. The van der Waals surface area contributed by atoms with Crippen LogP contribution in [0.15, 0.2) is 35.1 Å². The van der Waals surface area contributed by atoms with Gasteiger partial charge < -0.3 is 9.73 Å². The highest BCUT2D eigenvalue weighted by Crippen LogP contribution is 2.17. The van der Waals surface area contributed by atoms with E-state index in [1.165, 1.54) is 0 Å². The Morgan fingerprint density at radius 3 is 2.94 bits per heavy atom. The van der Waals surface area contributed by atoms with Crippen molar-refractivity contribution in [3.05, 3.63) is 36.4 Å². The van der Waals surface area contributed by atoms with Crippen LogP contribution in [0.4, 0.5) is 5.82 Å². The van der Waals surface area contributed by atoms with E-state index in [0.29, 0.717) is 12.6 Å². The van der Waals surface area contributed by atoms with Gasteiger partial charge >= 0.3 is 0 Å². The highest BCUT2D eigenvalue weighted by atomic mass is 35.5. The van der Waals surface area contributed by atoms with Gasteiger partial charge in [-0.05, 0) is 25.5 Å². The van der Waals surface area contributed by atoms with Gasteiger partial charge in [-0.25, -0.2) is 4.68 Å². The molecule has 0 saturated heterocycles. The highest BCUT2D eigenvalue weighted by Gasteiger charge is 2.07. The molecular weight excluding hydrogens is 238 g/mol. The minimum Gasteiger partial charge on any atom is -0.467 e. The lowest BCUT2D eigenvalue weighted by molar-refractivity contribution is 0.479. The number of anilines is 1. The lowest BCUT2D eigenvalue weighted by atomic mass is 10.3. The van der Waals surface area contributed by atoms with Crippen LogP contribution in [0.1, 0.15) is 32.1 Å². The van der Waals surface area contributed by atoms with E-state index in [1.54, 1.807) is 6.26 Å². The van der Waals surface area contributed by atoms with Gasteiger partial charge in [0, 0.05) is 6.07 Å². The van der Waals surface area contributed by atoms with Crippen molar-refractivity contribution in [2.75, 3.05) is 5.32 Å². The van der Waals surface area contributed by atoms with Gasteiger partial charge in [0.15, 0.2) is 0 Å². The van der Waals surface area contributed by atoms with Crippen LogP contribution in [0.5, 0.6) is 0 Å². The topological polar surface area (TPSA) is 43.0 Å². The first kappa shape index (κ1) is 13.6. The average Bonchev–Trinajstić information content (AvgIpc) is 2.96. The molecule has 0 bridgehead atoms. The molecule has 0 radical (unpaired) electrons. The van der Waals surface area contributed by atoms with Gasteiger partial charge in [-0.15, -0.1) is 12.4 Å². The summed E-state index contributed by atoms with van der Waals surface area (Å²) in [6, 6.07) is 6.24. The number of hydrogen-bond acceptors (Lipinski definition) is 3. The second kappa shape index (κ2) is 6.35. The van der Waals surface area contributed by atoms with Crippen LogP contribution in [0, 0.1) is 0 Å². The summed E-state index contributed by atoms with van der Waals surface area (Å²) in [5.41, 5.74) is 0. The molecule has 1 unspecified atom stereocenters. The summed E-state index contributed by atoms with van der Waals surface area (Å²) in [6.07, 6.45) is 4.57. The van der Waals surface area contributed by atoms with Crippen molar-refractivity contribution in [3.8, 4) is 0 Å². The van der Waals surface area contributed by atoms with Crippen molar-refractivity contribution in [2.24, 2.45) is 0 Å². The number of hydrogen-bond donors (Lipinski definition) is 1. The van der Waals surface area contributed by atoms with Crippen LogP contribution in [-0.2, 0) is 6.54 Å². The Kier molecular flexibility index (Phi) is 5.10. The molecule has 0 saturated carbocycles. The van der Waals surface area contributed by atoms with E-state index in [2.05, 4.69) is 24.3 Å². The zero-order chi connectivity index (χ0) is 11.4. The first-order valence-corrected chi connectivity index (χ1v) is 5.61. The molecule has 2 rings (SSSR count). The maximum Gasteiger partial charge on any atom is 0.124 e. The molecule has 1 atom stereocenters. The van der Waals surface area contributed by atoms with Gasteiger partial charge in [0.1, 0.15) is 11.6 Å². The summed E-state index contributed by atoms with van der Waals surface area (Å²) < 4.78 is 7.27. The Morgan fingerprint density at radius 1 is 1.47 bits per heavy atom. The maximum atomic E-state index is 5.27. The average molecular weight is 256 g/mol. The summed E-state index contributed by atoms with van der Waals surface area (Å²) in [5.74, 6) is 1.96. The fraction of sp³-hybridized carbons (Fsp3) is 0.417. The lowest BCUT2D eigenvalue weighted by Gasteiger charge is -2.14. The van der Waals surface area contributed by atoms with E-state index >= 15 is 0 Å². The molecule has 2 heterocycles. The normalized spacial score (nSPS) is 11.9. The Balaban J connectivity index is 0.00000144. The Labute approximate surface area is 107 Å². The van der Waals surface area contributed by atoms with E-state index in [0.717, 1.165) is 18.0 Å². The van der Waals surface area contributed by atoms with Crippen LogP contribution in [0.25, 0.3) is 0 Å². The van der Waals surface area contributed by atoms with Gasteiger partial charge in [0.05, 0.1) is 25.0 Å². The molecule has 2 aromatic heterocycles.